The Morgan fingerprint density at radius 1 is 1.21 bits per heavy atom. The van der Waals surface area contributed by atoms with Crippen molar-refractivity contribution in [2.75, 3.05) is 6.61 Å². The zero-order valence-electron chi connectivity index (χ0n) is 12.9. The summed E-state index contributed by atoms with van der Waals surface area (Å²) < 4.78 is 22.5. The molecule has 0 aliphatic heterocycles. The third-order valence-corrected chi connectivity index (χ3v) is 2.96. The quantitative estimate of drug-likeness (QED) is 0.494. The molecule has 126 valence electrons. The van der Waals surface area contributed by atoms with Crippen molar-refractivity contribution in [1.82, 2.24) is 16.0 Å². The van der Waals surface area contributed by atoms with Crippen molar-refractivity contribution in [3.8, 4) is 11.3 Å². The highest BCUT2D eigenvalue weighted by molar-refractivity contribution is 6.32. The molecule has 1 heterocycles. The number of nitrogens with zero attached hydrogens (tertiary/aromatic N) is 1. The fraction of sp³-hybridized carbons (Fsp3) is 0.200. The topological polar surface area (TPSA) is 111 Å². The molecule has 8 nitrogen and oxygen atoms in total. The van der Waals surface area contributed by atoms with E-state index in [-0.39, 0.29) is 23.6 Å². The molecule has 0 unspecified atom stereocenters. The van der Waals surface area contributed by atoms with Gasteiger partial charge in [0.25, 0.3) is 5.91 Å². The summed E-state index contributed by atoms with van der Waals surface area (Å²) in [5, 5.41) is 3.77. The number of rotatable bonds is 3. The summed E-state index contributed by atoms with van der Waals surface area (Å²) in [6.07, 6.45) is 0. The predicted molar refractivity (Wildman–Crippen MR) is 78.9 cm³/mol. The maximum Gasteiger partial charge on any atom is 0.398 e. The molecule has 2 N–H and O–H groups in total. The lowest BCUT2D eigenvalue weighted by Crippen LogP contribution is -2.45. The minimum atomic E-state index is -1.13. The third kappa shape index (κ3) is 3.75. The Labute approximate surface area is 135 Å². The number of carbonyl (C=O) groups is 3. The minimum Gasteiger partial charge on any atom is -0.459 e. The number of carbonyl (C=O) groups excluding carboxylic acids is 3. The van der Waals surface area contributed by atoms with E-state index in [1.54, 1.807) is 6.92 Å². The van der Waals surface area contributed by atoms with Gasteiger partial charge in [0, 0.05) is 5.56 Å². The second-order valence-electron chi connectivity index (χ2n) is 4.60. The van der Waals surface area contributed by atoms with Crippen LogP contribution < -0.4 is 10.9 Å². The molecule has 1 aromatic carbocycles. The highest BCUT2D eigenvalue weighted by atomic mass is 19.1. The van der Waals surface area contributed by atoms with Gasteiger partial charge in [0.05, 0.1) is 6.61 Å². The summed E-state index contributed by atoms with van der Waals surface area (Å²) in [5.74, 6) is -3.24. The van der Waals surface area contributed by atoms with Gasteiger partial charge >= 0.3 is 11.9 Å². The number of hydrogen-bond donors (Lipinski definition) is 2. The first-order chi connectivity index (χ1) is 11.4. The Balaban J connectivity index is 2.15. The van der Waals surface area contributed by atoms with Crippen LogP contribution in [0.3, 0.4) is 0 Å². The smallest absolute Gasteiger partial charge is 0.398 e. The first-order valence-electron chi connectivity index (χ1n) is 6.93. The number of aryl methyl sites for hydroxylation is 1. The summed E-state index contributed by atoms with van der Waals surface area (Å²) in [7, 11) is 0. The van der Waals surface area contributed by atoms with Crippen molar-refractivity contribution in [2.24, 2.45) is 0 Å². The second kappa shape index (κ2) is 7.36. The van der Waals surface area contributed by atoms with Crippen molar-refractivity contribution in [3.05, 3.63) is 41.4 Å². The van der Waals surface area contributed by atoms with E-state index in [1.165, 1.54) is 31.2 Å². The number of hydrazine groups is 1. The van der Waals surface area contributed by atoms with E-state index < -0.39 is 23.6 Å². The molecular weight excluding hydrogens is 321 g/mol. The second-order valence-corrected chi connectivity index (χ2v) is 4.60. The van der Waals surface area contributed by atoms with Gasteiger partial charge in [-0.05, 0) is 38.1 Å². The zero-order chi connectivity index (χ0) is 17.7. The van der Waals surface area contributed by atoms with Crippen LogP contribution in [0.1, 0.15) is 23.0 Å². The Hall–Kier alpha value is -3.23. The molecule has 0 spiro atoms. The van der Waals surface area contributed by atoms with Crippen molar-refractivity contribution in [3.63, 3.8) is 0 Å². The van der Waals surface area contributed by atoms with Gasteiger partial charge in [-0.3, -0.25) is 20.4 Å². The predicted octanol–water partition coefficient (Wildman–Crippen LogP) is 1.11. The van der Waals surface area contributed by atoms with Crippen molar-refractivity contribution in [1.29, 1.82) is 0 Å². The van der Waals surface area contributed by atoms with Crippen LogP contribution in [0.2, 0.25) is 0 Å². The number of ether oxygens (including phenoxy) is 1. The Bertz CT molecular complexity index is 770. The summed E-state index contributed by atoms with van der Waals surface area (Å²) in [6.45, 7) is 3.07. The number of benzene rings is 1. The van der Waals surface area contributed by atoms with Gasteiger partial charge in [0.2, 0.25) is 0 Å². The lowest BCUT2D eigenvalue weighted by molar-refractivity contribution is -0.154. The van der Waals surface area contributed by atoms with Gasteiger partial charge in [-0.15, -0.1) is 0 Å². The van der Waals surface area contributed by atoms with Crippen LogP contribution in [0.4, 0.5) is 4.39 Å². The van der Waals surface area contributed by atoms with Gasteiger partial charge in [-0.2, -0.15) is 0 Å². The van der Waals surface area contributed by atoms with Crippen LogP contribution in [0.25, 0.3) is 11.3 Å². The number of nitrogens with one attached hydrogen (secondary N) is 2. The Kier molecular flexibility index (Phi) is 5.25. The van der Waals surface area contributed by atoms with Gasteiger partial charge in [-0.1, -0.05) is 5.16 Å². The molecule has 0 aliphatic carbocycles. The van der Waals surface area contributed by atoms with Crippen LogP contribution in [-0.4, -0.2) is 29.5 Å². The summed E-state index contributed by atoms with van der Waals surface area (Å²) in [6, 6.07) is 5.29. The third-order valence-electron chi connectivity index (χ3n) is 2.96. The molecule has 0 aliphatic rings. The fourth-order valence-electron chi connectivity index (χ4n) is 1.87. The molecule has 0 atom stereocenters. The monoisotopic (exact) mass is 335 g/mol. The maximum absolute atomic E-state index is 13.0. The van der Waals surface area contributed by atoms with Gasteiger partial charge in [0.1, 0.15) is 22.8 Å². The Morgan fingerprint density at radius 2 is 1.88 bits per heavy atom. The molecule has 0 radical (unpaired) electrons. The molecule has 0 saturated heterocycles. The first-order valence-corrected chi connectivity index (χ1v) is 6.93. The van der Waals surface area contributed by atoms with Gasteiger partial charge in [0.15, 0.2) is 0 Å². The molecular formula is C15H14FN3O5. The van der Waals surface area contributed by atoms with Crippen molar-refractivity contribution < 1.29 is 28.0 Å². The van der Waals surface area contributed by atoms with Crippen molar-refractivity contribution >= 4 is 17.8 Å². The standard InChI is InChI=1S/C15H14FN3O5/c1-3-23-15(22)14(21)18-17-13(20)11-8(2)24-19-12(11)9-4-6-10(16)7-5-9/h4-7H,3H2,1-2H3,(H,17,20)(H,18,21). The molecule has 2 rings (SSSR count). The van der Waals surface area contributed by atoms with Crippen LogP contribution in [-0.2, 0) is 14.3 Å². The number of halogens is 1. The van der Waals surface area contributed by atoms with E-state index in [0.717, 1.165) is 0 Å². The maximum atomic E-state index is 13.0. The van der Waals surface area contributed by atoms with Crippen LogP contribution in [0.15, 0.2) is 28.8 Å². The summed E-state index contributed by atoms with van der Waals surface area (Å²) in [5.41, 5.74) is 4.68. The Morgan fingerprint density at radius 3 is 2.50 bits per heavy atom. The van der Waals surface area contributed by atoms with Gasteiger partial charge < -0.3 is 9.26 Å². The van der Waals surface area contributed by atoms with E-state index in [9.17, 15) is 18.8 Å². The lowest BCUT2D eigenvalue weighted by Gasteiger charge is -2.07. The van der Waals surface area contributed by atoms with Crippen molar-refractivity contribution in [2.45, 2.75) is 13.8 Å². The molecule has 24 heavy (non-hydrogen) atoms. The molecule has 1 aromatic heterocycles. The molecule has 0 fully saturated rings. The average molecular weight is 335 g/mol. The van der Waals surface area contributed by atoms with Gasteiger partial charge in [-0.25, -0.2) is 9.18 Å². The number of esters is 1. The summed E-state index contributed by atoms with van der Waals surface area (Å²) in [4.78, 5) is 34.8. The van der Waals surface area contributed by atoms with E-state index in [0.29, 0.717) is 5.56 Å². The lowest BCUT2D eigenvalue weighted by atomic mass is 10.1. The number of hydrogen-bond acceptors (Lipinski definition) is 6. The molecule has 0 bridgehead atoms. The number of amides is 2. The van der Waals surface area contributed by atoms with E-state index in [2.05, 4.69) is 15.3 Å². The highest BCUT2D eigenvalue weighted by Crippen LogP contribution is 2.25. The van der Waals surface area contributed by atoms with E-state index in [4.69, 9.17) is 4.52 Å². The van der Waals surface area contributed by atoms with Crippen LogP contribution >= 0.6 is 0 Å². The molecule has 9 heteroatoms. The molecule has 2 amide bonds. The largest absolute Gasteiger partial charge is 0.459 e. The zero-order valence-corrected chi connectivity index (χ0v) is 12.9. The highest BCUT2D eigenvalue weighted by Gasteiger charge is 2.23. The number of aromatic nitrogens is 1. The first kappa shape index (κ1) is 17.1. The molecule has 0 saturated carbocycles. The summed E-state index contributed by atoms with van der Waals surface area (Å²) >= 11 is 0. The fourth-order valence-corrected chi connectivity index (χ4v) is 1.87. The molecule has 2 aromatic rings. The average Bonchev–Trinajstić information content (AvgIpc) is 2.95. The normalized spacial score (nSPS) is 10.1. The van der Waals surface area contributed by atoms with E-state index >= 15 is 0 Å². The van der Waals surface area contributed by atoms with Crippen LogP contribution in [0.5, 0.6) is 0 Å². The van der Waals surface area contributed by atoms with E-state index in [1.807, 2.05) is 5.43 Å². The SMILES string of the molecule is CCOC(=O)C(=O)NNC(=O)c1c(-c2ccc(F)cc2)noc1C. The minimum absolute atomic E-state index is 0.0275. The van der Waals surface area contributed by atoms with Crippen LogP contribution in [0, 0.1) is 12.7 Å².